The van der Waals surface area contributed by atoms with Crippen LogP contribution in [-0.4, -0.2) is 13.9 Å². The highest BCUT2D eigenvalue weighted by Crippen LogP contribution is 2.39. The Kier molecular flexibility index (Phi) is 1.35. The van der Waals surface area contributed by atoms with Gasteiger partial charge in [-0.1, -0.05) is 0 Å². The first kappa shape index (κ1) is 6.34. The molecule has 0 saturated carbocycles. The molecule has 0 aromatic heterocycles. The monoisotopic (exact) mass is 151 g/mol. The summed E-state index contributed by atoms with van der Waals surface area (Å²) < 4.78 is 15.3. The summed E-state index contributed by atoms with van der Waals surface area (Å²) in [4.78, 5) is 0. The van der Waals surface area contributed by atoms with Gasteiger partial charge in [-0.25, -0.2) is 0 Å². The zero-order valence-electron chi connectivity index (χ0n) is 6.09. The van der Waals surface area contributed by atoms with Crippen LogP contribution in [-0.2, 0) is 0 Å². The van der Waals surface area contributed by atoms with Crippen molar-refractivity contribution in [1.29, 1.82) is 0 Å². The van der Waals surface area contributed by atoms with Gasteiger partial charge in [-0.15, -0.1) is 0 Å². The predicted octanol–water partition coefficient (Wildman–Crippen LogP) is 1.22. The fraction of sp³-hybridized carbons (Fsp3) is 0.250. The second-order valence-electron chi connectivity index (χ2n) is 2.11. The maximum absolute atomic E-state index is 5.14. The van der Waals surface area contributed by atoms with Crippen LogP contribution >= 0.6 is 0 Å². The Morgan fingerprint density at radius 2 is 2.45 bits per heavy atom. The summed E-state index contributed by atoms with van der Waals surface area (Å²) in [5.41, 5.74) is 0. The Balaban J connectivity index is 2.50. The molecule has 0 fully saturated rings. The van der Waals surface area contributed by atoms with Crippen molar-refractivity contribution in [3.63, 3.8) is 0 Å². The van der Waals surface area contributed by atoms with Gasteiger partial charge in [0.1, 0.15) is 0 Å². The molecule has 1 aromatic carbocycles. The summed E-state index contributed by atoms with van der Waals surface area (Å²) in [5.74, 6) is 1.97. The average molecular weight is 151 g/mol. The van der Waals surface area contributed by atoms with Gasteiger partial charge in [-0.3, -0.25) is 0 Å². The second kappa shape index (κ2) is 2.34. The summed E-state index contributed by atoms with van der Waals surface area (Å²) in [7, 11) is 1.58. The third-order valence-electron chi connectivity index (χ3n) is 1.50. The molecule has 0 saturated heterocycles. The molecule has 1 heterocycles. The van der Waals surface area contributed by atoms with Crippen molar-refractivity contribution in [1.82, 2.24) is 0 Å². The third-order valence-corrected chi connectivity index (χ3v) is 1.50. The van der Waals surface area contributed by atoms with E-state index < -0.39 is 0 Å². The molecule has 0 N–H and O–H groups in total. The van der Waals surface area contributed by atoms with Crippen LogP contribution in [0.2, 0.25) is 0 Å². The van der Waals surface area contributed by atoms with Crippen molar-refractivity contribution in [3.05, 3.63) is 18.2 Å². The van der Waals surface area contributed by atoms with E-state index in [1.807, 2.05) is 0 Å². The number of fused-ring (bicyclic) bond motifs is 1. The maximum Gasteiger partial charge on any atom is 0.231 e. The summed E-state index contributed by atoms with van der Waals surface area (Å²) in [5, 5.41) is 0. The molecule has 0 atom stereocenters. The van der Waals surface area contributed by atoms with Gasteiger partial charge >= 0.3 is 0 Å². The Labute approximate surface area is 64.5 Å². The zero-order chi connectivity index (χ0) is 7.68. The first-order valence-electron chi connectivity index (χ1n) is 3.26. The van der Waals surface area contributed by atoms with Crippen LogP contribution in [0.25, 0.3) is 0 Å². The molecule has 3 nitrogen and oxygen atoms in total. The van der Waals surface area contributed by atoms with Crippen LogP contribution in [0.5, 0.6) is 17.2 Å². The molecule has 1 radical (unpaired) electrons. The number of methoxy groups -OCH3 is 1. The van der Waals surface area contributed by atoms with E-state index in [9.17, 15) is 0 Å². The Morgan fingerprint density at radius 1 is 1.55 bits per heavy atom. The van der Waals surface area contributed by atoms with Crippen LogP contribution in [0.4, 0.5) is 0 Å². The minimum absolute atomic E-state index is 0.267. The van der Waals surface area contributed by atoms with E-state index in [0.717, 1.165) is 5.75 Å². The average Bonchev–Trinajstić information content (AvgIpc) is 2.50. The van der Waals surface area contributed by atoms with Gasteiger partial charge in [0, 0.05) is 6.07 Å². The van der Waals surface area contributed by atoms with E-state index in [-0.39, 0.29) is 6.79 Å². The predicted molar refractivity (Wildman–Crippen MR) is 38.0 cm³/mol. The minimum atomic E-state index is 0.267. The highest BCUT2D eigenvalue weighted by Gasteiger charge is 2.17. The molecule has 0 spiro atoms. The van der Waals surface area contributed by atoms with E-state index in [4.69, 9.17) is 14.2 Å². The smallest absolute Gasteiger partial charge is 0.231 e. The van der Waals surface area contributed by atoms with Gasteiger partial charge in [0.05, 0.1) is 7.11 Å². The zero-order valence-corrected chi connectivity index (χ0v) is 6.09. The number of hydrogen-bond acceptors (Lipinski definition) is 3. The molecule has 0 amide bonds. The Morgan fingerprint density at radius 3 is 3.27 bits per heavy atom. The van der Waals surface area contributed by atoms with Gasteiger partial charge < -0.3 is 14.2 Å². The molecule has 3 heteroatoms. The van der Waals surface area contributed by atoms with Crippen molar-refractivity contribution in [2.45, 2.75) is 0 Å². The van der Waals surface area contributed by atoms with E-state index in [0.29, 0.717) is 11.5 Å². The maximum atomic E-state index is 5.14. The molecule has 1 aliphatic rings. The quantitative estimate of drug-likeness (QED) is 0.604. The molecule has 0 unspecified atom stereocenters. The number of hydrogen-bond donors (Lipinski definition) is 0. The standard InChI is InChI=1S/C8H7O3/c1-9-6-3-2-4-7-8(6)11-5-10-7/h2,4H,5H2,1H3. The topological polar surface area (TPSA) is 27.7 Å². The van der Waals surface area contributed by atoms with Crippen molar-refractivity contribution in [3.8, 4) is 17.2 Å². The van der Waals surface area contributed by atoms with Gasteiger partial charge in [-0.2, -0.15) is 0 Å². The SMILES string of the molecule is COc1[c]ccc2c1OCO2. The fourth-order valence-corrected chi connectivity index (χ4v) is 1.00. The summed E-state index contributed by atoms with van der Waals surface area (Å²) in [6.45, 7) is 0.267. The third kappa shape index (κ3) is 0.888. The largest absolute Gasteiger partial charge is 0.492 e. The van der Waals surface area contributed by atoms with Crippen molar-refractivity contribution >= 4 is 0 Å². The van der Waals surface area contributed by atoms with E-state index in [1.165, 1.54) is 0 Å². The van der Waals surface area contributed by atoms with Crippen molar-refractivity contribution < 1.29 is 14.2 Å². The lowest BCUT2D eigenvalue weighted by Crippen LogP contribution is -1.93. The van der Waals surface area contributed by atoms with Crippen molar-refractivity contribution in [2.75, 3.05) is 13.9 Å². The van der Waals surface area contributed by atoms with Crippen molar-refractivity contribution in [2.24, 2.45) is 0 Å². The van der Waals surface area contributed by atoms with Crippen LogP contribution in [0, 0.1) is 6.07 Å². The molecular formula is C8H7O3. The number of benzene rings is 1. The van der Waals surface area contributed by atoms with Gasteiger partial charge in [0.25, 0.3) is 0 Å². The van der Waals surface area contributed by atoms with E-state index in [1.54, 1.807) is 19.2 Å². The lowest BCUT2D eigenvalue weighted by molar-refractivity contribution is 0.171. The molecule has 0 bridgehead atoms. The molecule has 2 rings (SSSR count). The normalized spacial score (nSPS) is 13.2. The fourth-order valence-electron chi connectivity index (χ4n) is 1.00. The first-order chi connectivity index (χ1) is 5.42. The van der Waals surface area contributed by atoms with Crippen LogP contribution < -0.4 is 14.2 Å². The highest BCUT2D eigenvalue weighted by atomic mass is 16.7. The summed E-state index contributed by atoms with van der Waals surface area (Å²) >= 11 is 0. The number of ether oxygens (including phenoxy) is 3. The Hall–Kier alpha value is -1.38. The summed E-state index contributed by atoms with van der Waals surface area (Å²) in [6, 6.07) is 6.43. The van der Waals surface area contributed by atoms with Crippen LogP contribution in [0.15, 0.2) is 12.1 Å². The van der Waals surface area contributed by atoms with Crippen LogP contribution in [0.1, 0.15) is 0 Å². The molecule has 1 aromatic rings. The highest BCUT2D eigenvalue weighted by molar-refractivity contribution is 5.51. The number of rotatable bonds is 1. The summed E-state index contributed by atoms with van der Waals surface area (Å²) in [6.07, 6.45) is 0. The lowest BCUT2D eigenvalue weighted by Gasteiger charge is -2.01. The minimum Gasteiger partial charge on any atom is -0.492 e. The second-order valence-corrected chi connectivity index (χ2v) is 2.11. The lowest BCUT2D eigenvalue weighted by atomic mass is 10.3. The molecule has 1 aliphatic heterocycles. The molecular weight excluding hydrogens is 144 g/mol. The van der Waals surface area contributed by atoms with Gasteiger partial charge in [0.2, 0.25) is 12.5 Å². The van der Waals surface area contributed by atoms with E-state index in [2.05, 4.69) is 6.07 Å². The Bertz CT molecular complexity index is 270. The van der Waals surface area contributed by atoms with E-state index >= 15 is 0 Å². The molecule has 57 valence electrons. The van der Waals surface area contributed by atoms with Gasteiger partial charge in [0.15, 0.2) is 11.5 Å². The van der Waals surface area contributed by atoms with Crippen LogP contribution in [0.3, 0.4) is 0 Å². The first-order valence-corrected chi connectivity index (χ1v) is 3.26. The molecule has 11 heavy (non-hydrogen) atoms. The molecule has 0 aliphatic carbocycles. The van der Waals surface area contributed by atoms with Gasteiger partial charge in [-0.05, 0) is 12.1 Å².